The molecule has 12 rings (SSSR count). The van der Waals surface area contributed by atoms with Crippen molar-refractivity contribution < 1.29 is 0 Å². The molecule has 0 spiro atoms. The van der Waals surface area contributed by atoms with Gasteiger partial charge in [-0.1, -0.05) is 146 Å². The van der Waals surface area contributed by atoms with Gasteiger partial charge >= 0.3 is 0 Å². The predicted molar refractivity (Wildman–Crippen MR) is 244 cm³/mol. The largest absolute Gasteiger partial charge is 0.309 e. The van der Waals surface area contributed by atoms with Crippen LogP contribution in [0.2, 0.25) is 0 Å². The lowest BCUT2D eigenvalue weighted by molar-refractivity contribution is 1.18. The summed E-state index contributed by atoms with van der Waals surface area (Å²) in [5, 5.41) is 7.62. The highest BCUT2D eigenvalue weighted by atomic mass is 32.1. The Hall–Kier alpha value is -7.20. The first-order chi connectivity index (χ1) is 28.3. The zero-order valence-corrected chi connectivity index (χ0v) is 31.7. The van der Waals surface area contributed by atoms with E-state index in [2.05, 4.69) is 215 Å². The molecule has 0 aliphatic rings. The minimum absolute atomic E-state index is 1.16. The molecular weight excluding hydrogens is 709 g/mol. The fourth-order valence-corrected chi connectivity index (χ4v) is 10.4. The fourth-order valence-electron chi connectivity index (χ4n) is 9.16. The summed E-state index contributed by atoms with van der Waals surface area (Å²) in [7, 11) is 0. The number of hydrogen-bond acceptors (Lipinski definition) is 1. The molecule has 266 valence electrons. The average Bonchev–Trinajstić information content (AvgIpc) is 3.94. The maximum atomic E-state index is 2.49. The van der Waals surface area contributed by atoms with E-state index in [0.717, 1.165) is 5.69 Å². The molecule has 0 amide bonds. The van der Waals surface area contributed by atoms with Crippen LogP contribution in [0.4, 0.5) is 0 Å². The second kappa shape index (κ2) is 12.7. The van der Waals surface area contributed by atoms with E-state index < -0.39 is 0 Å². The Morgan fingerprint density at radius 2 is 0.877 bits per heavy atom. The second-order valence-electron chi connectivity index (χ2n) is 14.9. The first-order valence-corrected chi connectivity index (χ1v) is 20.3. The Morgan fingerprint density at radius 1 is 0.298 bits per heavy atom. The summed E-state index contributed by atoms with van der Waals surface area (Å²) in [4.78, 5) is 0. The number of thiophene rings is 1. The topological polar surface area (TPSA) is 9.86 Å². The van der Waals surface area contributed by atoms with Crippen molar-refractivity contribution in [2.75, 3.05) is 0 Å². The van der Waals surface area contributed by atoms with E-state index in [4.69, 9.17) is 0 Å². The Bertz CT molecular complexity index is 3490. The third kappa shape index (κ3) is 4.96. The van der Waals surface area contributed by atoms with Crippen LogP contribution in [-0.2, 0) is 0 Å². The molecule has 0 bridgehead atoms. The lowest BCUT2D eigenvalue weighted by Gasteiger charge is -2.13. The third-order valence-electron chi connectivity index (χ3n) is 11.7. The Balaban J connectivity index is 1.09. The normalized spacial score (nSPS) is 11.9. The van der Waals surface area contributed by atoms with Crippen molar-refractivity contribution in [1.29, 1.82) is 0 Å². The zero-order chi connectivity index (χ0) is 37.5. The first-order valence-electron chi connectivity index (χ1n) is 19.5. The van der Waals surface area contributed by atoms with Gasteiger partial charge < -0.3 is 9.13 Å². The number of para-hydroxylation sites is 3. The van der Waals surface area contributed by atoms with E-state index in [1.54, 1.807) is 0 Å². The zero-order valence-electron chi connectivity index (χ0n) is 30.9. The van der Waals surface area contributed by atoms with Crippen molar-refractivity contribution in [2.24, 2.45) is 0 Å². The van der Waals surface area contributed by atoms with Crippen LogP contribution in [0.25, 0.3) is 109 Å². The Kier molecular flexibility index (Phi) is 7.13. The van der Waals surface area contributed by atoms with Crippen molar-refractivity contribution in [2.45, 2.75) is 0 Å². The summed E-state index contributed by atoms with van der Waals surface area (Å²) < 4.78 is 7.50. The molecule has 57 heavy (non-hydrogen) atoms. The van der Waals surface area contributed by atoms with Crippen LogP contribution in [0, 0.1) is 0 Å². The number of fused-ring (bicyclic) bond motifs is 9. The van der Waals surface area contributed by atoms with Gasteiger partial charge in [-0.3, -0.25) is 0 Å². The summed E-state index contributed by atoms with van der Waals surface area (Å²) in [5.41, 5.74) is 14.5. The van der Waals surface area contributed by atoms with Crippen LogP contribution in [0.1, 0.15) is 0 Å². The molecule has 0 aliphatic carbocycles. The minimum Gasteiger partial charge on any atom is -0.309 e. The summed E-state index contributed by atoms with van der Waals surface area (Å²) in [6.45, 7) is 0. The summed E-state index contributed by atoms with van der Waals surface area (Å²) in [6.07, 6.45) is 0. The van der Waals surface area contributed by atoms with Gasteiger partial charge in [-0.2, -0.15) is 0 Å². The smallest absolute Gasteiger partial charge is 0.0547 e. The van der Waals surface area contributed by atoms with Gasteiger partial charge in [0.15, 0.2) is 0 Å². The maximum Gasteiger partial charge on any atom is 0.0547 e. The quantitative estimate of drug-likeness (QED) is 0.166. The second-order valence-corrected chi connectivity index (χ2v) is 15.9. The van der Waals surface area contributed by atoms with Gasteiger partial charge in [0.1, 0.15) is 0 Å². The van der Waals surface area contributed by atoms with Gasteiger partial charge in [0.2, 0.25) is 0 Å². The monoisotopic (exact) mass is 742 g/mol. The Morgan fingerprint density at radius 3 is 1.68 bits per heavy atom. The molecule has 3 heterocycles. The van der Waals surface area contributed by atoms with Crippen LogP contribution < -0.4 is 0 Å². The average molecular weight is 743 g/mol. The van der Waals surface area contributed by atoms with Crippen molar-refractivity contribution in [1.82, 2.24) is 9.13 Å². The van der Waals surface area contributed by atoms with Gasteiger partial charge in [0.05, 0.1) is 22.1 Å². The highest BCUT2D eigenvalue weighted by Crippen LogP contribution is 2.45. The predicted octanol–water partition coefficient (Wildman–Crippen LogP) is 15.2. The Labute approximate surface area is 333 Å². The molecule has 2 nitrogen and oxygen atoms in total. The van der Waals surface area contributed by atoms with Crippen LogP contribution in [0.5, 0.6) is 0 Å². The molecule has 0 saturated heterocycles. The summed E-state index contributed by atoms with van der Waals surface area (Å²) in [5.74, 6) is 0. The van der Waals surface area contributed by atoms with Gasteiger partial charge in [0.25, 0.3) is 0 Å². The van der Waals surface area contributed by atoms with E-state index in [1.165, 1.54) is 103 Å². The standard InChI is InChI=1S/C54H34N2S/c1-3-14-35(15-4-1)36-26-28-37(29-27-36)45-33-40(34-47-43-19-9-12-25-52(43)57-54(45)47)56-49-23-11-8-20-44(49)53-41(21-13-24-51(53)56)38-30-31-50-46(32-38)42-18-7-10-22-48(42)55(50)39-16-5-2-6-17-39/h1-34H. The number of hydrogen-bond donors (Lipinski definition) is 0. The van der Waals surface area contributed by atoms with Crippen LogP contribution >= 0.6 is 11.3 Å². The van der Waals surface area contributed by atoms with Gasteiger partial charge in [-0.25, -0.2) is 0 Å². The van der Waals surface area contributed by atoms with Crippen molar-refractivity contribution in [3.05, 3.63) is 206 Å². The maximum absolute atomic E-state index is 2.49. The highest BCUT2D eigenvalue weighted by Gasteiger charge is 2.20. The third-order valence-corrected chi connectivity index (χ3v) is 12.9. The molecule has 3 aromatic heterocycles. The van der Waals surface area contributed by atoms with Gasteiger partial charge in [-0.05, 0) is 88.5 Å². The van der Waals surface area contributed by atoms with E-state index >= 15 is 0 Å². The highest BCUT2D eigenvalue weighted by molar-refractivity contribution is 7.26. The molecule has 9 aromatic carbocycles. The molecule has 0 saturated carbocycles. The molecule has 0 radical (unpaired) electrons. The number of benzene rings is 9. The summed E-state index contributed by atoms with van der Waals surface area (Å²) in [6, 6.07) is 75.6. The molecule has 0 aliphatic heterocycles. The molecular formula is C54H34N2S. The van der Waals surface area contributed by atoms with Gasteiger partial charge in [0, 0.05) is 58.7 Å². The van der Waals surface area contributed by atoms with E-state index in [9.17, 15) is 0 Å². The van der Waals surface area contributed by atoms with Crippen LogP contribution in [-0.4, -0.2) is 9.13 Å². The lowest BCUT2D eigenvalue weighted by atomic mass is 9.97. The molecule has 0 unspecified atom stereocenters. The van der Waals surface area contributed by atoms with E-state index in [0.29, 0.717) is 0 Å². The number of aromatic nitrogens is 2. The number of rotatable bonds is 5. The molecule has 0 N–H and O–H groups in total. The van der Waals surface area contributed by atoms with E-state index in [-0.39, 0.29) is 0 Å². The van der Waals surface area contributed by atoms with Crippen molar-refractivity contribution in [3.63, 3.8) is 0 Å². The molecule has 12 aromatic rings. The van der Waals surface area contributed by atoms with Crippen molar-refractivity contribution >= 4 is 75.1 Å². The summed E-state index contributed by atoms with van der Waals surface area (Å²) >= 11 is 1.89. The van der Waals surface area contributed by atoms with Crippen molar-refractivity contribution in [3.8, 4) is 44.8 Å². The van der Waals surface area contributed by atoms with E-state index in [1.807, 2.05) is 11.3 Å². The SMILES string of the molecule is c1ccc(-c2ccc(-c3cc(-n4c5ccccc5c5c(-c6ccc7c(c6)c6ccccc6n7-c6ccccc6)cccc54)cc4c3sc3ccccc34)cc2)cc1. The lowest BCUT2D eigenvalue weighted by Crippen LogP contribution is -1.95. The molecule has 3 heteroatoms. The minimum atomic E-state index is 1.16. The van der Waals surface area contributed by atoms with Crippen LogP contribution in [0.3, 0.4) is 0 Å². The first kappa shape index (κ1) is 32.1. The number of nitrogens with zero attached hydrogens (tertiary/aromatic N) is 2. The van der Waals surface area contributed by atoms with Gasteiger partial charge in [-0.15, -0.1) is 11.3 Å². The molecule has 0 fully saturated rings. The molecule has 0 atom stereocenters. The fraction of sp³-hybridized carbons (Fsp3) is 0. The van der Waals surface area contributed by atoms with Crippen LogP contribution in [0.15, 0.2) is 206 Å².